The molecule has 0 radical (unpaired) electrons. The number of phenols is 1. The minimum atomic E-state index is -4.37. The number of anilines is 1. The largest absolute Gasteiger partial charge is 0.508 e. The molecule has 8 heteroatoms. The summed E-state index contributed by atoms with van der Waals surface area (Å²) in [5.41, 5.74) is 4.50. The molecule has 1 heterocycles. The Labute approximate surface area is 200 Å². The number of carboxylic acids is 1. The molecule has 0 saturated heterocycles. The maximum atomic E-state index is 12.6. The van der Waals surface area contributed by atoms with Gasteiger partial charge in [-0.25, -0.2) is 0 Å². The number of hydrogen-bond donors (Lipinski definition) is 2. The van der Waals surface area contributed by atoms with Crippen LogP contribution >= 0.6 is 0 Å². The number of carbonyl (C=O) groups excluding carboxylic acids is 1. The Bertz CT molecular complexity index is 1270. The summed E-state index contributed by atoms with van der Waals surface area (Å²) in [6, 6.07) is 15.3. The second-order valence-corrected chi connectivity index (χ2v) is 8.75. The van der Waals surface area contributed by atoms with Crippen molar-refractivity contribution in [2.75, 3.05) is 4.90 Å². The van der Waals surface area contributed by atoms with Gasteiger partial charge in [-0.15, -0.1) is 0 Å². The van der Waals surface area contributed by atoms with E-state index in [1.807, 2.05) is 25.1 Å². The van der Waals surface area contributed by atoms with Crippen LogP contribution in [0.15, 0.2) is 60.7 Å². The smallest absolute Gasteiger partial charge is 0.416 e. The van der Waals surface area contributed by atoms with Crippen LogP contribution < -0.4 is 4.90 Å². The SMILES string of the molecule is Cc1cccc2c1CN(c1ccc(C(F)(F)F)cc1)C2=O.O=C(O)CC1CCc2cc(O)ccc21. The van der Waals surface area contributed by atoms with E-state index in [1.54, 1.807) is 18.2 Å². The van der Waals surface area contributed by atoms with Gasteiger partial charge in [0.2, 0.25) is 0 Å². The lowest BCUT2D eigenvalue weighted by atomic mass is 9.98. The van der Waals surface area contributed by atoms with E-state index in [4.69, 9.17) is 5.11 Å². The molecule has 0 bridgehead atoms. The lowest BCUT2D eigenvalue weighted by Gasteiger charge is -2.16. The van der Waals surface area contributed by atoms with Crippen molar-refractivity contribution in [1.29, 1.82) is 0 Å². The first kappa shape index (κ1) is 24.3. The molecule has 2 N–H and O–H groups in total. The number of rotatable bonds is 3. The van der Waals surface area contributed by atoms with Crippen LogP contribution in [0.5, 0.6) is 5.75 Å². The van der Waals surface area contributed by atoms with E-state index in [-0.39, 0.29) is 24.0 Å². The molecule has 1 unspecified atom stereocenters. The molecule has 3 aromatic rings. The molecule has 0 saturated carbocycles. The third-order valence-corrected chi connectivity index (χ3v) is 6.46. The highest BCUT2D eigenvalue weighted by Gasteiger charge is 2.32. The zero-order valence-corrected chi connectivity index (χ0v) is 19.0. The molecule has 35 heavy (non-hydrogen) atoms. The number of alkyl halides is 3. The molecule has 0 spiro atoms. The minimum absolute atomic E-state index is 0.128. The lowest BCUT2D eigenvalue weighted by Crippen LogP contribution is -2.23. The zero-order chi connectivity index (χ0) is 25.3. The van der Waals surface area contributed by atoms with Crippen LogP contribution in [0.2, 0.25) is 0 Å². The van der Waals surface area contributed by atoms with Crippen LogP contribution in [-0.2, 0) is 23.9 Å². The molecule has 182 valence electrons. The minimum Gasteiger partial charge on any atom is -0.508 e. The number of aryl methyl sites for hydroxylation is 2. The van der Waals surface area contributed by atoms with Crippen molar-refractivity contribution in [2.24, 2.45) is 0 Å². The first-order valence-electron chi connectivity index (χ1n) is 11.2. The average molecular weight is 483 g/mol. The van der Waals surface area contributed by atoms with E-state index in [0.717, 1.165) is 47.2 Å². The Morgan fingerprint density at radius 3 is 2.43 bits per heavy atom. The number of phenolic OH excluding ortho intramolecular Hbond substituents is 1. The molecule has 5 rings (SSSR count). The van der Waals surface area contributed by atoms with E-state index in [0.29, 0.717) is 17.8 Å². The highest BCUT2D eigenvalue weighted by atomic mass is 19.4. The van der Waals surface area contributed by atoms with E-state index >= 15 is 0 Å². The molecule has 0 fully saturated rings. The summed E-state index contributed by atoms with van der Waals surface area (Å²) in [6.07, 6.45) is -2.42. The van der Waals surface area contributed by atoms with Crippen LogP contribution in [0.4, 0.5) is 18.9 Å². The number of carboxylic acid groups (broad SMARTS) is 1. The molecule has 2 aliphatic rings. The number of carbonyl (C=O) groups is 2. The molecular formula is C27H24F3NO4. The Morgan fingerprint density at radius 2 is 1.80 bits per heavy atom. The molecular weight excluding hydrogens is 459 g/mol. The van der Waals surface area contributed by atoms with Gasteiger partial charge in [-0.1, -0.05) is 18.2 Å². The van der Waals surface area contributed by atoms with Crippen molar-refractivity contribution in [3.63, 3.8) is 0 Å². The van der Waals surface area contributed by atoms with Gasteiger partial charge in [0.05, 0.1) is 18.5 Å². The number of fused-ring (bicyclic) bond motifs is 2. The number of nitrogens with zero attached hydrogens (tertiary/aromatic N) is 1. The van der Waals surface area contributed by atoms with Crippen LogP contribution in [-0.4, -0.2) is 22.1 Å². The first-order valence-corrected chi connectivity index (χ1v) is 11.2. The quantitative estimate of drug-likeness (QED) is 0.474. The Morgan fingerprint density at radius 1 is 1.09 bits per heavy atom. The highest BCUT2D eigenvalue weighted by Crippen LogP contribution is 2.37. The van der Waals surface area contributed by atoms with Gasteiger partial charge in [0.1, 0.15) is 5.75 Å². The fourth-order valence-electron chi connectivity index (χ4n) is 4.64. The fourth-order valence-corrected chi connectivity index (χ4v) is 4.64. The molecule has 1 aliphatic carbocycles. The van der Waals surface area contributed by atoms with E-state index in [2.05, 4.69) is 0 Å². The van der Waals surface area contributed by atoms with Crippen molar-refractivity contribution in [3.05, 3.63) is 94.0 Å². The van der Waals surface area contributed by atoms with Crippen molar-refractivity contribution in [1.82, 2.24) is 0 Å². The summed E-state index contributed by atoms with van der Waals surface area (Å²) in [5.74, 6) is -0.535. The zero-order valence-electron chi connectivity index (χ0n) is 19.0. The number of hydrogen-bond acceptors (Lipinski definition) is 3. The summed E-state index contributed by atoms with van der Waals surface area (Å²) in [5, 5.41) is 18.0. The van der Waals surface area contributed by atoms with E-state index in [9.17, 15) is 27.9 Å². The topological polar surface area (TPSA) is 77.8 Å². The summed E-state index contributed by atoms with van der Waals surface area (Å²) >= 11 is 0. The van der Waals surface area contributed by atoms with Crippen LogP contribution in [0, 0.1) is 6.92 Å². The van der Waals surface area contributed by atoms with Crippen molar-refractivity contribution in [2.45, 2.75) is 44.8 Å². The summed E-state index contributed by atoms with van der Waals surface area (Å²) in [6.45, 7) is 2.31. The van der Waals surface area contributed by atoms with Crippen molar-refractivity contribution >= 4 is 17.6 Å². The Hall–Kier alpha value is -3.81. The van der Waals surface area contributed by atoms with Gasteiger partial charge >= 0.3 is 12.1 Å². The van der Waals surface area contributed by atoms with Crippen LogP contribution in [0.3, 0.4) is 0 Å². The maximum Gasteiger partial charge on any atom is 0.416 e. The predicted octanol–water partition coefficient (Wildman–Crippen LogP) is 6.07. The number of aliphatic carboxylic acids is 1. The third-order valence-electron chi connectivity index (χ3n) is 6.46. The standard InChI is InChI=1S/C16H12F3NO.C11H12O3/c1-10-3-2-4-13-14(10)9-20(15(13)21)12-7-5-11(6-8-12)16(17,18)19;12-9-3-4-10-7(5-9)1-2-8(10)6-11(13)14/h2-8H,9H2,1H3;3-5,8,12H,1-2,6H2,(H,13,14). The van der Waals surface area contributed by atoms with Gasteiger partial charge in [-0.2, -0.15) is 13.2 Å². The Kier molecular flexibility index (Phi) is 6.56. The summed E-state index contributed by atoms with van der Waals surface area (Å²) in [4.78, 5) is 24.4. The number of halogens is 3. The maximum absolute atomic E-state index is 12.6. The Balaban J connectivity index is 0.000000179. The second-order valence-electron chi connectivity index (χ2n) is 8.75. The van der Waals surface area contributed by atoms with Gasteiger partial charge in [0.25, 0.3) is 5.91 Å². The predicted molar refractivity (Wildman–Crippen MR) is 125 cm³/mol. The van der Waals surface area contributed by atoms with E-state index in [1.165, 1.54) is 17.0 Å². The molecule has 0 aromatic heterocycles. The number of benzene rings is 3. The number of amides is 1. The van der Waals surface area contributed by atoms with Gasteiger partial charge in [-0.3, -0.25) is 9.59 Å². The van der Waals surface area contributed by atoms with Crippen molar-refractivity contribution < 1.29 is 33.0 Å². The van der Waals surface area contributed by atoms with Gasteiger partial charge < -0.3 is 15.1 Å². The molecule has 5 nitrogen and oxygen atoms in total. The van der Waals surface area contributed by atoms with Crippen LogP contribution in [0.1, 0.15) is 56.9 Å². The lowest BCUT2D eigenvalue weighted by molar-refractivity contribution is -0.138. The molecule has 1 amide bonds. The normalized spacial score (nSPS) is 16.4. The average Bonchev–Trinajstić information content (AvgIpc) is 3.35. The highest BCUT2D eigenvalue weighted by molar-refractivity contribution is 6.10. The second kappa shape index (κ2) is 9.44. The monoisotopic (exact) mass is 483 g/mol. The molecule has 3 aromatic carbocycles. The third kappa shape index (κ3) is 5.16. The first-order chi connectivity index (χ1) is 16.5. The molecule has 1 aliphatic heterocycles. The van der Waals surface area contributed by atoms with Crippen LogP contribution in [0.25, 0.3) is 0 Å². The van der Waals surface area contributed by atoms with Gasteiger partial charge in [0, 0.05) is 11.3 Å². The summed E-state index contributed by atoms with van der Waals surface area (Å²) < 4.78 is 37.7. The summed E-state index contributed by atoms with van der Waals surface area (Å²) in [7, 11) is 0. The van der Waals surface area contributed by atoms with Crippen molar-refractivity contribution in [3.8, 4) is 5.75 Å². The number of aromatic hydroxyl groups is 1. The van der Waals surface area contributed by atoms with Gasteiger partial charge in [0.15, 0.2) is 0 Å². The van der Waals surface area contributed by atoms with E-state index < -0.39 is 17.7 Å². The molecule has 1 atom stereocenters. The van der Waals surface area contributed by atoms with Gasteiger partial charge in [-0.05, 0) is 90.4 Å². The fraction of sp³-hybridized carbons (Fsp3) is 0.259.